The molecule has 0 spiro atoms. The molecule has 0 radical (unpaired) electrons. The van der Waals surface area contributed by atoms with Crippen LogP contribution in [0.15, 0.2) is 0 Å². The number of amides is 2. The van der Waals surface area contributed by atoms with E-state index in [1.807, 2.05) is 0 Å². The third kappa shape index (κ3) is 4.52. The SMILES string of the molecule is CC(C)CN1CCN(C(=O)NC(C)C(=O)O)CC1. The first-order chi connectivity index (χ1) is 8.40. The van der Waals surface area contributed by atoms with Crippen LogP contribution in [0.1, 0.15) is 20.8 Å². The van der Waals surface area contributed by atoms with Gasteiger partial charge < -0.3 is 15.3 Å². The van der Waals surface area contributed by atoms with Crippen LogP contribution in [0.2, 0.25) is 0 Å². The van der Waals surface area contributed by atoms with Crippen LogP contribution >= 0.6 is 0 Å². The van der Waals surface area contributed by atoms with Crippen LogP contribution in [0.3, 0.4) is 0 Å². The molecule has 0 aromatic heterocycles. The molecular formula is C12H23N3O3. The van der Waals surface area contributed by atoms with Crippen LogP contribution in [0, 0.1) is 5.92 Å². The van der Waals surface area contributed by atoms with Crippen molar-refractivity contribution < 1.29 is 14.7 Å². The second-order valence-corrected chi connectivity index (χ2v) is 5.19. The Labute approximate surface area is 108 Å². The van der Waals surface area contributed by atoms with Crippen molar-refractivity contribution in [2.75, 3.05) is 32.7 Å². The van der Waals surface area contributed by atoms with E-state index in [1.165, 1.54) is 6.92 Å². The average molecular weight is 257 g/mol. The highest BCUT2D eigenvalue weighted by Crippen LogP contribution is 2.05. The zero-order valence-electron chi connectivity index (χ0n) is 11.3. The number of carboxylic acids is 1. The molecular weight excluding hydrogens is 234 g/mol. The van der Waals surface area contributed by atoms with Crippen LogP contribution in [-0.4, -0.2) is 65.7 Å². The molecule has 1 aliphatic heterocycles. The molecule has 0 aromatic rings. The molecule has 0 aromatic carbocycles. The second kappa shape index (κ2) is 6.58. The van der Waals surface area contributed by atoms with Gasteiger partial charge >= 0.3 is 12.0 Å². The molecule has 0 saturated carbocycles. The normalized spacial score (nSPS) is 18.8. The Kier molecular flexibility index (Phi) is 5.40. The van der Waals surface area contributed by atoms with Crippen LogP contribution in [0.25, 0.3) is 0 Å². The van der Waals surface area contributed by atoms with Crippen molar-refractivity contribution in [2.45, 2.75) is 26.8 Å². The van der Waals surface area contributed by atoms with Gasteiger partial charge in [-0.2, -0.15) is 0 Å². The summed E-state index contributed by atoms with van der Waals surface area (Å²) in [5.74, 6) is -0.390. The molecule has 1 saturated heterocycles. The standard InChI is InChI=1S/C12H23N3O3/c1-9(2)8-14-4-6-15(7-5-14)12(18)13-10(3)11(16)17/h9-10H,4-8H2,1-3H3,(H,13,18)(H,16,17). The first-order valence-electron chi connectivity index (χ1n) is 6.40. The molecule has 104 valence electrons. The Morgan fingerprint density at radius 3 is 2.17 bits per heavy atom. The molecule has 18 heavy (non-hydrogen) atoms. The van der Waals surface area contributed by atoms with Gasteiger partial charge in [-0.05, 0) is 12.8 Å². The fourth-order valence-corrected chi connectivity index (χ4v) is 1.99. The van der Waals surface area contributed by atoms with Gasteiger partial charge in [0.2, 0.25) is 0 Å². The highest BCUT2D eigenvalue weighted by molar-refractivity contribution is 5.82. The lowest BCUT2D eigenvalue weighted by Crippen LogP contribution is -2.54. The van der Waals surface area contributed by atoms with Gasteiger partial charge in [0.05, 0.1) is 0 Å². The largest absolute Gasteiger partial charge is 0.480 e. The molecule has 6 heteroatoms. The third-order valence-corrected chi connectivity index (χ3v) is 2.99. The molecule has 0 aliphatic carbocycles. The van der Waals surface area contributed by atoms with Crippen LogP contribution in [0.5, 0.6) is 0 Å². The molecule has 2 N–H and O–H groups in total. The topological polar surface area (TPSA) is 72.9 Å². The predicted molar refractivity (Wildman–Crippen MR) is 68.5 cm³/mol. The quantitative estimate of drug-likeness (QED) is 0.766. The van der Waals surface area contributed by atoms with Gasteiger partial charge in [-0.1, -0.05) is 13.8 Å². The van der Waals surface area contributed by atoms with Crippen molar-refractivity contribution >= 4 is 12.0 Å². The molecule has 1 unspecified atom stereocenters. The highest BCUT2D eigenvalue weighted by atomic mass is 16.4. The van der Waals surface area contributed by atoms with E-state index in [2.05, 4.69) is 24.1 Å². The maximum atomic E-state index is 11.8. The number of piperazine rings is 1. The summed E-state index contributed by atoms with van der Waals surface area (Å²) in [5.41, 5.74) is 0. The Morgan fingerprint density at radius 1 is 1.17 bits per heavy atom. The van der Waals surface area contributed by atoms with E-state index in [9.17, 15) is 9.59 Å². The van der Waals surface area contributed by atoms with Gasteiger partial charge in [-0.3, -0.25) is 9.69 Å². The number of nitrogens with zero attached hydrogens (tertiary/aromatic N) is 2. The third-order valence-electron chi connectivity index (χ3n) is 2.99. The van der Waals surface area contributed by atoms with Gasteiger partial charge in [0.15, 0.2) is 0 Å². The van der Waals surface area contributed by atoms with E-state index in [0.717, 1.165) is 19.6 Å². The lowest BCUT2D eigenvalue weighted by atomic mass is 10.2. The first kappa shape index (κ1) is 14.8. The lowest BCUT2D eigenvalue weighted by Gasteiger charge is -2.35. The zero-order valence-corrected chi connectivity index (χ0v) is 11.3. The maximum Gasteiger partial charge on any atom is 0.325 e. The summed E-state index contributed by atoms with van der Waals surface area (Å²) in [4.78, 5) is 26.4. The minimum atomic E-state index is -1.01. The number of carboxylic acid groups (broad SMARTS) is 1. The van der Waals surface area contributed by atoms with Gasteiger partial charge in [0.1, 0.15) is 6.04 Å². The zero-order chi connectivity index (χ0) is 13.7. The summed E-state index contributed by atoms with van der Waals surface area (Å²) >= 11 is 0. The molecule has 1 atom stereocenters. The molecule has 6 nitrogen and oxygen atoms in total. The monoisotopic (exact) mass is 257 g/mol. The number of rotatable bonds is 4. The smallest absolute Gasteiger partial charge is 0.325 e. The first-order valence-corrected chi connectivity index (χ1v) is 6.40. The summed E-state index contributed by atoms with van der Waals surface area (Å²) in [7, 11) is 0. The number of aliphatic carboxylic acids is 1. The fraction of sp³-hybridized carbons (Fsp3) is 0.833. The minimum absolute atomic E-state index is 0.283. The fourth-order valence-electron chi connectivity index (χ4n) is 1.99. The van der Waals surface area contributed by atoms with Crippen LogP contribution < -0.4 is 5.32 Å². The van der Waals surface area contributed by atoms with E-state index < -0.39 is 12.0 Å². The number of urea groups is 1. The van der Waals surface area contributed by atoms with Gasteiger partial charge in [0.25, 0.3) is 0 Å². The van der Waals surface area contributed by atoms with E-state index in [4.69, 9.17) is 5.11 Å². The summed E-state index contributed by atoms with van der Waals surface area (Å²) in [5, 5.41) is 11.2. The molecule has 1 rings (SSSR count). The Bertz CT molecular complexity index is 299. The Hall–Kier alpha value is -1.30. The van der Waals surface area contributed by atoms with E-state index in [1.54, 1.807) is 4.90 Å². The van der Waals surface area contributed by atoms with Gasteiger partial charge in [-0.25, -0.2) is 4.79 Å². The summed E-state index contributed by atoms with van der Waals surface area (Å²) in [6, 6.07) is -1.12. The van der Waals surface area contributed by atoms with E-state index in [0.29, 0.717) is 19.0 Å². The average Bonchev–Trinajstić information content (AvgIpc) is 2.28. The van der Waals surface area contributed by atoms with Crippen molar-refractivity contribution in [3.05, 3.63) is 0 Å². The number of hydrogen-bond acceptors (Lipinski definition) is 3. The second-order valence-electron chi connectivity index (χ2n) is 5.19. The molecule has 1 aliphatic rings. The van der Waals surface area contributed by atoms with E-state index >= 15 is 0 Å². The van der Waals surface area contributed by atoms with E-state index in [-0.39, 0.29) is 6.03 Å². The summed E-state index contributed by atoms with van der Waals surface area (Å²) < 4.78 is 0. The van der Waals surface area contributed by atoms with Crippen LogP contribution in [-0.2, 0) is 4.79 Å². The Balaban J connectivity index is 2.34. The number of hydrogen-bond donors (Lipinski definition) is 2. The number of carbonyl (C=O) groups excluding carboxylic acids is 1. The van der Waals surface area contributed by atoms with Crippen molar-refractivity contribution in [2.24, 2.45) is 5.92 Å². The van der Waals surface area contributed by atoms with Crippen molar-refractivity contribution in [1.82, 2.24) is 15.1 Å². The predicted octanol–water partition coefficient (Wildman–Crippen LogP) is 0.443. The lowest BCUT2D eigenvalue weighted by molar-refractivity contribution is -0.138. The molecule has 1 fully saturated rings. The summed E-state index contributed by atoms with van der Waals surface area (Å²) in [6.07, 6.45) is 0. The van der Waals surface area contributed by atoms with Crippen molar-refractivity contribution in [3.8, 4) is 0 Å². The van der Waals surface area contributed by atoms with Crippen molar-refractivity contribution in [1.29, 1.82) is 0 Å². The van der Waals surface area contributed by atoms with Gasteiger partial charge in [0, 0.05) is 32.7 Å². The number of nitrogens with one attached hydrogen (secondary N) is 1. The maximum absolute atomic E-state index is 11.8. The van der Waals surface area contributed by atoms with Gasteiger partial charge in [-0.15, -0.1) is 0 Å². The molecule has 1 heterocycles. The Morgan fingerprint density at radius 2 is 1.72 bits per heavy atom. The highest BCUT2D eigenvalue weighted by Gasteiger charge is 2.23. The molecule has 0 bridgehead atoms. The van der Waals surface area contributed by atoms with Crippen LogP contribution in [0.4, 0.5) is 4.79 Å². The summed E-state index contributed by atoms with van der Waals surface area (Å²) in [6.45, 7) is 9.88. The van der Waals surface area contributed by atoms with Crippen molar-refractivity contribution in [3.63, 3.8) is 0 Å². The minimum Gasteiger partial charge on any atom is -0.480 e. The number of carbonyl (C=O) groups is 2. The molecule has 2 amide bonds.